The van der Waals surface area contributed by atoms with Crippen molar-refractivity contribution in [2.45, 2.75) is 0 Å². The molecule has 0 fully saturated rings. The van der Waals surface area contributed by atoms with Gasteiger partial charge in [-0.05, 0) is 24.3 Å². The lowest BCUT2D eigenvalue weighted by molar-refractivity contribution is -0.119. The first-order valence-corrected chi connectivity index (χ1v) is 8.12. The fourth-order valence-electron chi connectivity index (χ4n) is 2.42. The summed E-state index contributed by atoms with van der Waals surface area (Å²) in [6, 6.07) is 10.1. The Kier molecular flexibility index (Phi) is 5.18. The van der Waals surface area contributed by atoms with E-state index in [1.54, 1.807) is 24.3 Å². The van der Waals surface area contributed by atoms with Crippen molar-refractivity contribution in [2.75, 3.05) is 11.9 Å². The van der Waals surface area contributed by atoms with Crippen molar-refractivity contribution in [1.29, 1.82) is 0 Å². The van der Waals surface area contributed by atoms with Crippen LogP contribution in [0.5, 0.6) is 0 Å². The van der Waals surface area contributed by atoms with Crippen LogP contribution in [0.15, 0.2) is 47.3 Å². The Bertz CT molecular complexity index is 1110. The highest BCUT2D eigenvalue weighted by molar-refractivity contribution is 6.31. The topological polar surface area (TPSA) is 90.3 Å². The van der Waals surface area contributed by atoms with Gasteiger partial charge >= 0.3 is 5.97 Å². The zero-order chi connectivity index (χ0) is 19.6. The van der Waals surface area contributed by atoms with Crippen LogP contribution in [0.4, 0.5) is 10.1 Å². The van der Waals surface area contributed by atoms with Crippen molar-refractivity contribution in [2.24, 2.45) is 7.05 Å². The predicted octanol–water partition coefficient (Wildman–Crippen LogP) is 2.52. The monoisotopic (exact) mass is 389 g/mol. The summed E-state index contributed by atoms with van der Waals surface area (Å²) in [6.07, 6.45) is 0. The maximum absolute atomic E-state index is 13.1. The number of ether oxygens (including phenoxy) is 1. The fourth-order valence-corrected chi connectivity index (χ4v) is 2.60. The maximum atomic E-state index is 13.1. The van der Waals surface area contributed by atoms with Crippen LogP contribution < -0.4 is 10.9 Å². The van der Waals surface area contributed by atoms with E-state index in [2.05, 4.69) is 10.4 Å². The molecule has 9 heteroatoms. The van der Waals surface area contributed by atoms with E-state index in [1.165, 1.54) is 19.2 Å². The number of fused-ring (bicyclic) bond motifs is 1. The third-order valence-corrected chi connectivity index (χ3v) is 3.98. The molecule has 0 unspecified atom stereocenters. The molecule has 0 saturated carbocycles. The Morgan fingerprint density at radius 1 is 1.22 bits per heavy atom. The van der Waals surface area contributed by atoms with Crippen LogP contribution in [0.2, 0.25) is 5.02 Å². The number of anilines is 1. The summed E-state index contributed by atoms with van der Waals surface area (Å²) in [5.74, 6) is -2.11. The predicted molar refractivity (Wildman–Crippen MR) is 97.3 cm³/mol. The van der Waals surface area contributed by atoms with E-state index < -0.39 is 24.3 Å². The van der Waals surface area contributed by atoms with Crippen molar-refractivity contribution < 1.29 is 18.7 Å². The number of nitrogens with zero attached hydrogens (tertiary/aromatic N) is 2. The molecule has 1 heterocycles. The van der Waals surface area contributed by atoms with Gasteiger partial charge in [-0.3, -0.25) is 9.59 Å². The Balaban J connectivity index is 1.73. The van der Waals surface area contributed by atoms with Crippen LogP contribution in [0, 0.1) is 5.82 Å². The van der Waals surface area contributed by atoms with Gasteiger partial charge in [0.05, 0.1) is 10.4 Å². The van der Waals surface area contributed by atoms with Crippen LogP contribution >= 0.6 is 11.6 Å². The highest BCUT2D eigenvalue weighted by Crippen LogP contribution is 2.19. The summed E-state index contributed by atoms with van der Waals surface area (Å²) >= 11 is 5.64. The molecule has 1 aromatic heterocycles. The first-order chi connectivity index (χ1) is 12.9. The zero-order valence-electron chi connectivity index (χ0n) is 14.0. The molecule has 0 radical (unpaired) electrons. The molecule has 27 heavy (non-hydrogen) atoms. The van der Waals surface area contributed by atoms with Crippen molar-refractivity contribution >= 4 is 39.9 Å². The summed E-state index contributed by atoms with van der Waals surface area (Å²) in [5.41, 5.74) is -0.175. The SMILES string of the molecule is Cn1nc(C(=O)OCC(=O)Nc2ccc(F)c(Cl)c2)c2ccccc2c1=O. The maximum Gasteiger partial charge on any atom is 0.359 e. The van der Waals surface area contributed by atoms with Crippen molar-refractivity contribution in [3.05, 3.63) is 69.4 Å². The molecule has 138 valence electrons. The molecule has 7 nitrogen and oxygen atoms in total. The van der Waals surface area contributed by atoms with Gasteiger partial charge in [0.2, 0.25) is 0 Å². The normalized spacial score (nSPS) is 10.6. The highest BCUT2D eigenvalue weighted by atomic mass is 35.5. The second kappa shape index (κ2) is 7.55. The van der Waals surface area contributed by atoms with E-state index in [9.17, 15) is 18.8 Å². The molecule has 0 spiro atoms. The van der Waals surface area contributed by atoms with Crippen LogP contribution in [-0.2, 0) is 16.6 Å². The summed E-state index contributed by atoms with van der Waals surface area (Å²) in [5, 5.41) is 6.85. The molecule has 2 aromatic carbocycles. The van der Waals surface area contributed by atoms with Gasteiger partial charge < -0.3 is 10.1 Å². The molecule has 1 amide bonds. The van der Waals surface area contributed by atoms with Gasteiger partial charge in [-0.15, -0.1) is 0 Å². The standard InChI is InChI=1S/C18H13ClFN3O4/c1-23-17(25)12-5-3-2-4-11(12)16(22-23)18(26)27-9-15(24)21-10-6-7-14(20)13(19)8-10/h2-8H,9H2,1H3,(H,21,24). The number of benzene rings is 2. The van der Waals surface area contributed by atoms with Crippen molar-refractivity contribution in [1.82, 2.24) is 9.78 Å². The summed E-state index contributed by atoms with van der Waals surface area (Å²) in [4.78, 5) is 36.3. The molecular formula is C18H13ClFN3O4. The number of rotatable bonds is 4. The highest BCUT2D eigenvalue weighted by Gasteiger charge is 2.18. The summed E-state index contributed by atoms with van der Waals surface area (Å²) in [6.45, 7) is -0.591. The van der Waals surface area contributed by atoms with Gasteiger partial charge in [-0.25, -0.2) is 13.9 Å². The van der Waals surface area contributed by atoms with Crippen molar-refractivity contribution in [3.63, 3.8) is 0 Å². The number of aryl methyl sites for hydroxylation is 1. The third-order valence-electron chi connectivity index (χ3n) is 3.69. The van der Waals surface area contributed by atoms with E-state index in [4.69, 9.17) is 16.3 Å². The number of aromatic nitrogens is 2. The second-order valence-corrected chi connectivity index (χ2v) is 5.98. The van der Waals surface area contributed by atoms with Gasteiger partial charge in [0.1, 0.15) is 5.82 Å². The minimum absolute atomic E-state index is 0.0784. The Morgan fingerprint density at radius 2 is 1.93 bits per heavy atom. The number of esters is 1. The lowest BCUT2D eigenvalue weighted by atomic mass is 10.1. The molecule has 0 aliphatic carbocycles. The number of amides is 1. The number of halogens is 2. The number of nitrogens with one attached hydrogen (secondary N) is 1. The van der Waals surface area contributed by atoms with E-state index in [1.807, 2.05) is 0 Å². The molecule has 3 aromatic rings. The van der Waals surface area contributed by atoms with Gasteiger partial charge in [0, 0.05) is 18.1 Å². The van der Waals surface area contributed by atoms with Gasteiger partial charge in [0.25, 0.3) is 11.5 Å². The Hall–Kier alpha value is -3.26. The second-order valence-electron chi connectivity index (χ2n) is 5.58. The van der Waals surface area contributed by atoms with Crippen LogP contribution in [-0.4, -0.2) is 28.3 Å². The molecule has 0 atom stereocenters. The van der Waals surface area contributed by atoms with Gasteiger partial charge in [-0.2, -0.15) is 5.10 Å². The van der Waals surface area contributed by atoms with Gasteiger partial charge in [0.15, 0.2) is 12.3 Å². The lowest BCUT2D eigenvalue weighted by Crippen LogP contribution is -2.26. The van der Waals surface area contributed by atoms with Gasteiger partial charge in [-0.1, -0.05) is 29.8 Å². The Labute approximate surface area is 157 Å². The minimum atomic E-state index is -0.853. The molecule has 0 saturated heterocycles. The quantitative estimate of drug-likeness (QED) is 0.692. The summed E-state index contributed by atoms with van der Waals surface area (Å²) in [7, 11) is 1.41. The smallest absolute Gasteiger partial charge is 0.359 e. The average Bonchev–Trinajstić information content (AvgIpc) is 2.66. The largest absolute Gasteiger partial charge is 0.451 e. The van der Waals surface area contributed by atoms with Crippen molar-refractivity contribution in [3.8, 4) is 0 Å². The first-order valence-electron chi connectivity index (χ1n) is 7.75. The molecule has 0 aliphatic rings. The molecular weight excluding hydrogens is 377 g/mol. The number of hydrogen-bond donors (Lipinski definition) is 1. The van der Waals surface area contributed by atoms with Crippen LogP contribution in [0.1, 0.15) is 10.5 Å². The number of hydrogen-bond acceptors (Lipinski definition) is 5. The Morgan fingerprint density at radius 3 is 2.63 bits per heavy atom. The van der Waals surface area contributed by atoms with Crippen LogP contribution in [0.25, 0.3) is 10.8 Å². The first kappa shape index (κ1) is 18.5. The average molecular weight is 390 g/mol. The zero-order valence-corrected chi connectivity index (χ0v) is 14.8. The third kappa shape index (κ3) is 3.95. The molecule has 0 bridgehead atoms. The van der Waals surface area contributed by atoms with E-state index in [0.717, 1.165) is 10.7 Å². The minimum Gasteiger partial charge on any atom is -0.451 e. The van der Waals surface area contributed by atoms with E-state index in [-0.39, 0.29) is 22.0 Å². The lowest BCUT2D eigenvalue weighted by Gasteiger charge is -2.09. The molecule has 1 N–H and O–H groups in total. The fraction of sp³-hybridized carbons (Fsp3) is 0.111. The molecule has 0 aliphatic heterocycles. The molecule has 3 rings (SSSR count). The van der Waals surface area contributed by atoms with Crippen LogP contribution in [0.3, 0.4) is 0 Å². The number of carbonyl (C=O) groups is 2. The number of carbonyl (C=O) groups excluding carboxylic acids is 2. The summed E-state index contributed by atoms with van der Waals surface area (Å²) < 4.78 is 19.1. The van der Waals surface area contributed by atoms with E-state index in [0.29, 0.717) is 10.8 Å². The van der Waals surface area contributed by atoms with E-state index >= 15 is 0 Å².